The van der Waals surface area contributed by atoms with E-state index in [1.165, 1.54) is 0 Å². The first-order chi connectivity index (χ1) is 8.72. The maximum absolute atomic E-state index is 5.33. The van der Waals surface area contributed by atoms with Crippen molar-refractivity contribution in [3.05, 3.63) is 42.0 Å². The van der Waals surface area contributed by atoms with Crippen LogP contribution in [0.5, 0.6) is 5.75 Å². The average Bonchev–Trinajstić information content (AvgIpc) is 2.38. The zero-order valence-electron chi connectivity index (χ0n) is 10.1. The summed E-state index contributed by atoms with van der Waals surface area (Å²) in [6.45, 7) is 0. The van der Waals surface area contributed by atoms with Gasteiger partial charge in [-0.1, -0.05) is 30.3 Å². The quantitative estimate of drug-likeness (QED) is 0.387. The Bertz CT molecular complexity index is 615. The molecule has 0 aliphatic rings. The number of benzene rings is 2. The lowest BCUT2D eigenvalue weighted by Crippen LogP contribution is -2.63. The predicted octanol–water partition coefficient (Wildman–Crippen LogP) is -0.464. The number of guanidine groups is 1. The molecule has 0 aliphatic heterocycles. The highest BCUT2D eigenvalue weighted by Gasteiger charge is 2.08. The van der Waals surface area contributed by atoms with Gasteiger partial charge in [-0.15, -0.1) is 5.10 Å². The van der Waals surface area contributed by atoms with E-state index in [0.717, 1.165) is 22.1 Å². The Labute approximate surface area is 105 Å². The molecule has 0 radical (unpaired) electrons. The first kappa shape index (κ1) is 11.9. The van der Waals surface area contributed by atoms with Crippen molar-refractivity contribution in [2.45, 2.75) is 0 Å². The summed E-state index contributed by atoms with van der Waals surface area (Å²) in [6.07, 6.45) is 1.71. The second-order valence-corrected chi connectivity index (χ2v) is 3.71. The average molecular weight is 243 g/mol. The monoisotopic (exact) mass is 243 g/mol. The fourth-order valence-corrected chi connectivity index (χ4v) is 1.77. The molecular weight excluding hydrogens is 228 g/mol. The third-order valence-electron chi connectivity index (χ3n) is 2.55. The van der Waals surface area contributed by atoms with Crippen molar-refractivity contribution in [2.24, 2.45) is 16.6 Å². The number of methoxy groups -OCH3 is 1. The molecule has 0 bridgehead atoms. The van der Waals surface area contributed by atoms with Crippen LogP contribution in [0.25, 0.3) is 10.8 Å². The molecule has 2 aromatic rings. The minimum Gasteiger partial charge on any atom is -0.496 e. The molecule has 18 heavy (non-hydrogen) atoms. The van der Waals surface area contributed by atoms with Crippen LogP contribution in [0.1, 0.15) is 5.56 Å². The summed E-state index contributed by atoms with van der Waals surface area (Å²) < 4.78 is 5.33. The fraction of sp³-hybridized carbons (Fsp3) is 0.0769. The first-order valence-electron chi connectivity index (χ1n) is 5.45. The third kappa shape index (κ3) is 2.40. The molecule has 0 saturated heterocycles. The maximum atomic E-state index is 5.33. The summed E-state index contributed by atoms with van der Waals surface area (Å²) in [7, 11) is 1.63. The molecule has 0 unspecified atom stereocenters. The lowest BCUT2D eigenvalue weighted by molar-refractivity contribution is -0.456. The van der Waals surface area contributed by atoms with Crippen LogP contribution in [-0.2, 0) is 0 Å². The maximum Gasteiger partial charge on any atom is 0.256 e. The van der Waals surface area contributed by atoms with E-state index < -0.39 is 0 Å². The standard InChI is InChI=1S/C13H14N4O/c1-18-12-7-6-9-4-2-3-5-10(9)11(12)8-16-17-13(14)15/h2-8H,1H3,(H4,14,15,17)/p+1/b16-8-. The molecule has 2 aromatic carbocycles. The number of nitrogens with zero attached hydrogens (tertiary/aromatic N) is 1. The van der Waals surface area contributed by atoms with Crippen molar-refractivity contribution in [1.29, 1.82) is 0 Å². The summed E-state index contributed by atoms with van der Waals surface area (Å²) in [6, 6.07) is 11.9. The van der Waals surface area contributed by atoms with Crippen LogP contribution < -0.4 is 21.3 Å². The van der Waals surface area contributed by atoms with Gasteiger partial charge in [-0.3, -0.25) is 0 Å². The van der Waals surface area contributed by atoms with Gasteiger partial charge in [0.2, 0.25) is 6.21 Å². The molecule has 92 valence electrons. The molecule has 0 spiro atoms. The van der Waals surface area contributed by atoms with E-state index in [9.17, 15) is 0 Å². The Morgan fingerprint density at radius 1 is 1.22 bits per heavy atom. The number of ether oxygens (including phenoxy) is 1. The molecule has 0 aliphatic carbocycles. The van der Waals surface area contributed by atoms with Gasteiger partial charge in [-0.25, -0.2) is 0 Å². The Hall–Kier alpha value is -2.56. The number of nitrogens with one attached hydrogen (secondary N) is 1. The largest absolute Gasteiger partial charge is 0.496 e. The minimum atomic E-state index is -0.0227. The Balaban J connectivity index is 2.58. The number of hydrogen-bond donors (Lipinski definition) is 3. The number of rotatable bonds is 3. The van der Waals surface area contributed by atoms with Crippen LogP contribution in [0.2, 0.25) is 0 Å². The van der Waals surface area contributed by atoms with Crippen LogP contribution >= 0.6 is 0 Å². The van der Waals surface area contributed by atoms with Crippen LogP contribution in [0.15, 0.2) is 41.5 Å². The molecule has 0 amide bonds. The summed E-state index contributed by atoms with van der Waals surface area (Å²) >= 11 is 0. The lowest BCUT2D eigenvalue weighted by Gasteiger charge is -2.05. The number of fused-ring (bicyclic) bond motifs is 1. The van der Waals surface area contributed by atoms with Crippen molar-refractivity contribution in [2.75, 3.05) is 7.11 Å². The van der Waals surface area contributed by atoms with Crippen molar-refractivity contribution < 1.29 is 9.84 Å². The van der Waals surface area contributed by atoms with Gasteiger partial charge in [0.1, 0.15) is 5.75 Å². The first-order valence-corrected chi connectivity index (χ1v) is 5.45. The van der Waals surface area contributed by atoms with E-state index in [4.69, 9.17) is 16.2 Å². The molecule has 0 atom stereocenters. The van der Waals surface area contributed by atoms with E-state index in [2.05, 4.69) is 10.2 Å². The Morgan fingerprint density at radius 2 is 2.00 bits per heavy atom. The zero-order chi connectivity index (χ0) is 13.0. The molecule has 5 nitrogen and oxygen atoms in total. The zero-order valence-corrected chi connectivity index (χ0v) is 10.1. The minimum absolute atomic E-state index is 0.0227. The Morgan fingerprint density at radius 3 is 2.72 bits per heavy atom. The highest BCUT2D eigenvalue weighted by molar-refractivity contribution is 6.00. The number of hydrazone groups is 1. The van der Waals surface area contributed by atoms with Crippen molar-refractivity contribution in [1.82, 2.24) is 0 Å². The van der Waals surface area contributed by atoms with Crippen molar-refractivity contribution >= 4 is 22.9 Å². The van der Waals surface area contributed by atoms with E-state index in [1.54, 1.807) is 13.3 Å². The summed E-state index contributed by atoms with van der Waals surface area (Å²) in [5.41, 5.74) is 11.4. The second-order valence-electron chi connectivity index (χ2n) is 3.71. The van der Waals surface area contributed by atoms with Gasteiger partial charge in [0, 0.05) is 5.10 Å². The highest BCUT2D eigenvalue weighted by Crippen LogP contribution is 2.25. The summed E-state index contributed by atoms with van der Waals surface area (Å²) in [4.78, 5) is 0. The van der Waals surface area contributed by atoms with Gasteiger partial charge in [0.15, 0.2) is 0 Å². The van der Waals surface area contributed by atoms with Gasteiger partial charge < -0.3 is 16.2 Å². The fourth-order valence-electron chi connectivity index (χ4n) is 1.77. The second kappa shape index (κ2) is 5.18. The SMILES string of the molecule is COc1ccc2ccccc2c1/C=[NH+]\N=C(N)N. The smallest absolute Gasteiger partial charge is 0.256 e. The van der Waals surface area contributed by atoms with Crippen molar-refractivity contribution in [3.8, 4) is 5.75 Å². The van der Waals surface area contributed by atoms with Crippen LogP contribution in [0, 0.1) is 0 Å². The number of nitrogens with two attached hydrogens (primary N) is 2. The summed E-state index contributed by atoms with van der Waals surface area (Å²) in [5, 5.41) is 8.60. The molecule has 0 saturated carbocycles. The van der Waals surface area contributed by atoms with E-state index in [1.807, 2.05) is 36.4 Å². The molecule has 0 aromatic heterocycles. The van der Waals surface area contributed by atoms with Crippen LogP contribution in [0.3, 0.4) is 0 Å². The van der Waals surface area contributed by atoms with Crippen LogP contribution in [-0.4, -0.2) is 19.3 Å². The van der Waals surface area contributed by atoms with Gasteiger partial charge >= 0.3 is 0 Å². The van der Waals surface area contributed by atoms with Gasteiger partial charge in [0.05, 0.1) is 12.7 Å². The van der Waals surface area contributed by atoms with E-state index in [0.29, 0.717) is 0 Å². The number of hydrogen-bond acceptors (Lipinski definition) is 2. The van der Waals surface area contributed by atoms with Gasteiger partial charge in [0.25, 0.3) is 5.96 Å². The topological polar surface area (TPSA) is 87.6 Å². The normalized spacial score (nSPS) is 10.7. The Kier molecular flexibility index (Phi) is 3.43. The summed E-state index contributed by atoms with van der Waals surface area (Å²) in [5.74, 6) is 0.734. The molecule has 0 fully saturated rings. The molecule has 2 rings (SSSR count). The third-order valence-corrected chi connectivity index (χ3v) is 2.55. The van der Waals surface area contributed by atoms with E-state index >= 15 is 0 Å². The molecule has 0 heterocycles. The predicted molar refractivity (Wildman–Crippen MR) is 72.4 cm³/mol. The lowest BCUT2D eigenvalue weighted by atomic mass is 10.0. The van der Waals surface area contributed by atoms with E-state index in [-0.39, 0.29) is 5.96 Å². The van der Waals surface area contributed by atoms with Gasteiger partial charge in [-0.05, 0) is 16.8 Å². The molecule has 5 heteroatoms. The highest BCUT2D eigenvalue weighted by atomic mass is 16.5. The van der Waals surface area contributed by atoms with Crippen molar-refractivity contribution in [3.63, 3.8) is 0 Å². The molecular formula is C13H15N4O+. The van der Waals surface area contributed by atoms with Gasteiger partial charge in [-0.2, -0.15) is 0 Å². The van der Waals surface area contributed by atoms with Crippen LogP contribution in [0.4, 0.5) is 0 Å². The molecule has 5 N–H and O–H groups in total.